The highest BCUT2D eigenvalue weighted by molar-refractivity contribution is 6.23. The van der Waals surface area contributed by atoms with Crippen LogP contribution < -0.4 is 25.3 Å². The number of halogens is 4. The lowest BCUT2D eigenvalue weighted by molar-refractivity contribution is -0.137. The average Bonchev–Trinajstić information content (AvgIpc) is 3.56. The zero-order chi connectivity index (χ0) is 47.0. The number of imide groups is 2. The van der Waals surface area contributed by atoms with Crippen LogP contribution in [-0.4, -0.2) is 139 Å². The van der Waals surface area contributed by atoms with E-state index in [-0.39, 0.29) is 47.4 Å². The molecular weight excluding hydrogens is 875 g/mol. The summed E-state index contributed by atoms with van der Waals surface area (Å²) in [6, 6.07) is 5.17. The predicted octanol–water partition coefficient (Wildman–Crippen LogP) is 5.19. The number of carbonyl (C=O) groups is 5. The first kappa shape index (κ1) is 45.9. The normalized spacial score (nSPS) is 22.0. The summed E-state index contributed by atoms with van der Waals surface area (Å²) in [7, 11) is 0. The molecule has 7 heterocycles. The maximum Gasteiger partial charge on any atom is 0.407 e. The van der Waals surface area contributed by atoms with Crippen LogP contribution >= 0.6 is 0 Å². The number of anilines is 4. The Hall–Kier alpha value is -6.20. The fourth-order valence-corrected chi connectivity index (χ4v) is 10.5. The number of amides is 5. The van der Waals surface area contributed by atoms with Gasteiger partial charge in [-0.1, -0.05) is 6.07 Å². The molecule has 9 rings (SSSR count). The number of nitrogens with one attached hydrogen (secondary N) is 2. The van der Waals surface area contributed by atoms with Gasteiger partial charge in [-0.25, -0.2) is 19.2 Å². The molecule has 3 aromatic rings. The van der Waals surface area contributed by atoms with Gasteiger partial charge in [-0.15, -0.1) is 0 Å². The summed E-state index contributed by atoms with van der Waals surface area (Å²) in [5.41, 5.74) is 0.192. The van der Waals surface area contributed by atoms with Crippen LogP contribution in [0.25, 0.3) is 4.85 Å². The van der Waals surface area contributed by atoms with Crippen molar-refractivity contribution in [3.05, 3.63) is 76.7 Å². The summed E-state index contributed by atoms with van der Waals surface area (Å²) in [5.74, 6) is -2.39. The number of nitrogens with zero attached hydrogens (tertiary/aromatic N) is 9. The van der Waals surface area contributed by atoms with Crippen molar-refractivity contribution in [3.63, 3.8) is 0 Å². The van der Waals surface area contributed by atoms with Crippen LogP contribution in [0.4, 0.5) is 46.3 Å². The fraction of sp³-hybridized carbons (Fsp3) is 0.532. The van der Waals surface area contributed by atoms with E-state index >= 15 is 4.39 Å². The second-order valence-electron chi connectivity index (χ2n) is 18.6. The highest BCUT2D eigenvalue weighted by Crippen LogP contribution is 2.40. The highest BCUT2D eigenvalue weighted by atomic mass is 19.4. The van der Waals surface area contributed by atoms with Crippen LogP contribution in [-0.2, 0) is 20.6 Å². The van der Waals surface area contributed by atoms with E-state index in [0.717, 1.165) is 101 Å². The second kappa shape index (κ2) is 19.2. The zero-order valence-electron chi connectivity index (χ0n) is 37.1. The Morgan fingerprint density at radius 2 is 1.28 bits per heavy atom. The van der Waals surface area contributed by atoms with Gasteiger partial charge < -0.3 is 24.5 Å². The quantitative estimate of drug-likeness (QED) is 0.156. The third-order valence-electron chi connectivity index (χ3n) is 14.4. The predicted molar refractivity (Wildman–Crippen MR) is 239 cm³/mol. The monoisotopic (exact) mass is 927 g/mol. The Kier molecular flexibility index (Phi) is 13.2. The molecular formula is C47H53F4N11O5. The van der Waals surface area contributed by atoms with Gasteiger partial charge >= 0.3 is 6.18 Å². The Bertz CT molecular complexity index is 2430. The van der Waals surface area contributed by atoms with E-state index in [9.17, 15) is 37.1 Å². The number of hydrogen-bond acceptors (Lipinski definition) is 12. The van der Waals surface area contributed by atoms with Crippen LogP contribution in [0.5, 0.6) is 0 Å². The lowest BCUT2D eigenvalue weighted by atomic mass is 9.94. The average molecular weight is 928 g/mol. The second-order valence-corrected chi connectivity index (χ2v) is 18.6. The fourth-order valence-electron chi connectivity index (χ4n) is 10.5. The molecule has 6 aliphatic rings. The molecule has 5 fully saturated rings. The van der Waals surface area contributed by atoms with Gasteiger partial charge in [-0.05, 0) is 81.0 Å². The van der Waals surface area contributed by atoms with Gasteiger partial charge in [0, 0.05) is 96.6 Å². The first-order valence-corrected chi connectivity index (χ1v) is 23.2. The minimum Gasteiger partial charge on any atom is -0.372 e. The van der Waals surface area contributed by atoms with E-state index < -0.39 is 52.9 Å². The van der Waals surface area contributed by atoms with Crippen molar-refractivity contribution in [1.29, 1.82) is 0 Å². The number of benzene rings is 2. The van der Waals surface area contributed by atoms with E-state index in [4.69, 9.17) is 6.57 Å². The van der Waals surface area contributed by atoms with Crippen molar-refractivity contribution in [1.82, 2.24) is 30.0 Å². The molecule has 5 saturated heterocycles. The van der Waals surface area contributed by atoms with E-state index in [1.165, 1.54) is 18.2 Å². The smallest absolute Gasteiger partial charge is 0.372 e. The number of hydrogen-bond donors (Lipinski definition) is 2. The van der Waals surface area contributed by atoms with Crippen LogP contribution in [0.15, 0.2) is 42.7 Å². The molecule has 6 aliphatic heterocycles. The van der Waals surface area contributed by atoms with Crippen molar-refractivity contribution in [2.45, 2.75) is 63.6 Å². The molecule has 354 valence electrons. The standard InChI is InChI=1S/C47H53F4N11O5/c1-52-38-3-2-32(22-36(38)47(49,50)51)59-16-10-31(11-17-59)42(64)56-46-53-25-33(26-54-46)60-12-6-29(7-13-60)27-57-18-20-58(21-19-57)28-30-8-14-61(15-9-30)40-24-35-34(23-37(40)48)44(66)62(45(35)67)39-4-5-41(63)55-43(39)65/h2-3,22-26,29-31,39H,4-21,27-28H2,(H,55,63,65)(H,53,54,56,64). The van der Waals surface area contributed by atoms with E-state index in [2.05, 4.69) is 40.1 Å². The molecule has 20 heteroatoms. The van der Waals surface area contributed by atoms with Crippen molar-refractivity contribution in [2.24, 2.45) is 17.8 Å². The van der Waals surface area contributed by atoms with Crippen LogP contribution in [0.2, 0.25) is 0 Å². The SMILES string of the molecule is [C-]#[N+]c1ccc(N2CCC(C(=O)Nc3ncc(N4CCC(CN5CCN(CC6CCN(c7cc8c(cc7F)C(=O)N(C7CCC(=O)NC7=O)C8=O)CC6)CC5)CC4)cn3)CC2)cc1C(F)(F)F. The van der Waals surface area contributed by atoms with Gasteiger partial charge in [-0.3, -0.25) is 39.5 Å². The Morgan fingerprint density at radius 1 is 0.731 bits per heavy atom. The van der Waals surface area contributed by atoms with Crippen LogP contribution in [0, 0.1) is 30.1 Å². The lowest BCUT2D eigenvalue weighted by Crippen LogP contribution is -2.54. The molecule has 0 bridgehead atoms. The molecule has 67 heavy (non-hydrogen) atoms. The first-order chi connectivity index (χ1) is 32.2. The van der Waals surface area contributed by atoms with Gasteiger partial charge in [0.2, 0.25) is 23.7 Å². The van der Waals surface area contributed by atoms with Gasteiger partial charge in [0.1, 0.15) is 11.9 Å². The molecule has 0 aliphatic carbocycles. The molecule has 16 nitrogen and oxygen atoms in total. The largest absolute Gasteiger partial charge is 0.407 e. The van der Waals surface area contributed by atoms with Gasteiger partial charge in [0.15, 0.2) is 5.69 Å². The van der Waals surface area contributed by atoms with Crippen molar-refractivity contribution < 1.29 is 41.5 Å². The molecule has 0 radical (unpaired) electrons. The minimum absolute atomic E-state index is 0.0143. The summed E-state index contributed by atoms with van der Waals surface area (Å²) in [6.45, 7) is 16.9. The van der Waals surface area contributed by atoms with Gasteiger partial charge in [0.05, 0.1) is 47.0 Å². The molecule has 0 spiro atoms. The summed E-state index contributed by atoms with van der Waals surface area (Å²) < 4.78 is 56.0. The number of aromatic nitrogens is 2. The number of fused-ring (bicyclic) bond motifs is 1. The molecule has 1 atom stereocenters. The molecule has 2 N–H and O–H groups in total. The maximum atomic E-state index is 15.5. The van der Waals surface area contributed by atoms with Crippen molar-refractivity contribution in [2.75, 3.05) is 98.6 Å². The van der Waals surface area contributed by atoms with Gasteiger partial charge in [0.25, 0.3) is 11.8 Å². The first-order valence-electron chi connectivity index (χ1n) is 23.2. The minimum atomic E-state index is -4.63. The summed E-state index contributed by atoms with van der Waals surface area (Å²) in [5, 5.41) is 4.99. The summed E-state index contributed by atoms with van der Waals surface area (Å²) in [4.78, 5) is 87.4. The maximum absolute atomic E-state index is 15.5. The Balaban J connectivity index is 0.668. The molecule has 1 unspecified atom stereocenters. The molecule has 5 amide bonds. The van der Waals surface area contributed by atoms with Crippen molar-refractivity contribution >= 4 is 58.2 Å². The van der Waals surface area contributed by atoms with Gasteiger partial charge in [-0.2, -0.15) is 13.2 Å². The number of piperazine rings is 1. The van der Waals surface area contributed by atoms with Crippen molar-refractivity contribution in [3.8, 4) is 0 Å². The Labute approximate surface area is 385 Å². The lowest BCUT2D eigenvalue weighted by Gasteiger charge is -2.41. The molecule has 1 aromatic heterocycles. The molecule has 2 aromatic carbocycles. The van der Waals surface area contributed by atoms with Crippen LogP contribution in [0.3, 0.4) is 0 Å². The Morgan fingerprint density at radius 3 is 1.85 bits per heavy atom. The third-order valence-corrected chi connectivity index (χ3v) is 14.4. The number of rotatable bonds is 10. The van der Waals surface area contributed by atoms with Crippen LogP contribution in [0.1, 0.15) is 77.6 Å². The molecule has 0 saturated carbocycles. The number of carbonyl (C=O) groups excluding carboxylic acids is 5. The summed E-state index contributed by atoms with van der Waals surface area (Å²) in [6.07, 6.45) is 3.65. The number of piperidine rings is 4. The highest BCUT2D eigenvalue weighted by Gasteiger charge is 2.45. The van der Waals surface area contributed by atoms with E-state index in [0.29, 0.717) is 56.5 Å². The van der Waals surface area contributed by atoms with E-state index in [1.807, 2.05) is 9.80 Å². The zero-order valence-corrected chi connectivity index (χ0v) is 37.1. The summed E-state index contributed by atoms with van der Waals surface area (Å²) >= 11 is 0. The van der Waals surface area contributed by atoms with E-state index in [1.54, 1.807) is 12.4 Å². The third kappa shape index (κ3) is 9.94. The topological polar surface area (TPSA) is 159 Å². The number of alkyl halides is 3.